The van der Waals surface area contributed by atoms with Gasteiger partial charge in [-0.15, -0.1) is 0 Å². The highest BCUT2D eigenvalue weighted by molar-refractivity contribution is 7.92. The van der Waals surface area contributed by atoms with Crippen LogP contribution < -0.4 is 9.62 Å². The highest BCUT2D eigenvalue weighted by Gasteiger charge is 2.33. The fraction of sp³-hybridized carbons (Fsp3) is 0.394. The lowest BCUT2D eigenvalue weighted by Crippen LogP contribution is -2.53. The number of rotatable bonds is 11. The largest absolute Gasteiger partial charge is 0.352 e. The van der Waals surface area contributed by atoms with Gasteiger partial charge in [-0.25, -0.2) is 8.42 Å². The molecule has 0 saturated heterocycles. The van der Waals surface area contributed by atoms with Crippen molar-refractivity contribution in [1.82, 2.24) is 10.2 Å². The van der Waals surface area contributed by atoms with Gasteiger partial charge in [-0.1, -0.05) is 73.9 Å². The first-order chi connectivity index (χ1) is 19.6. The number of benzene rings is 3. The molecule has 1 N–H and O–H groups in total. The molecule has 0 spiro atoms. The Kier molecular flexibility index (Phi) is 10.2. The SMILES string of the molecule is Cc1cc(C)cc(N(CC(=O)N(CCc2ccccc2)[C@@H](C)C(=O)NC2CCCCC2)S(=O)(=O)c2ccccc2)c1. The normalized spacial score (nSPS) is 14.7. The lowest BCUT2D eigenvalue weighted by Gasteiger charge is -2.33. The van der Waals surface area contributed by atoms with Crippen LogP contribution >= 0.6 is 0 Å². The average Bonchev–Trinajstić information content (AvgIpc) is 2.96. The van der Waals surface area contributed by atoms with Gasteiger partial charge >= 0.3 is 0 Å². The number of hydrogen-bond donors (Lipinski definition) is 1. The molecule has 1 atom stereocenters. The summed E-state index contributed by atoms with van der Waals surface area (Å²) in [6.45, 7) is 5.39. The minimum Gasteiger partial charge on any atom is -0.352 e. The van der Waals surface area contributed by atoms with Crippen LogP contribution in [-0.4, -0.2) is 50.3 Å². The molecule has 218 valence electrons. The summed E-state index contributed by atoms with van der Waals surface area (Å²) in [5, 5.41) is 3.14. The quantitative estimate of drug-likeness (QED) is 0.331. The zero-order valence-electron chi connectivity index (χ0n) is 24.3. The summed E-state index contributed by atoms with van der Waals surface area (Å²) in [5.41, 5.74) is 3.24. The fourth-order valence-corrected chi connectivity index (χ4v) is 6.90. The second-order valence-electron chi connectivity index (χ2n) is 11.0. The van der Waals surface area contributed by atoms with Gasteiger partial charge in [0.25, 0.3) is 10.0 Å². The summed E-state index contributed by atoms with van der Waals surface area (Å²) < 4.78 is 29.0. The Labute approximate surface area is 244 Å². The summed E-state index contributed by atoms with van der Waals surface area (Å²) in [5.74, 6) is -0.631. The third-order valence-corrected chi connectivity index (χ3v) is 9.50. The fourth-order valence-electron chi connectivity index (χ4n) is 5.48. The van der Waals surface area contributed by atoms with Gasteiger partial charge in [0.05, 0.1) is 10.6 Å². The van der Waals surface area contributed by atoms with Crippen molar-refractivity contribution in [3.05, 3.63) is 95.6 Å². The van der Waals surface area contributed by atoms with Gasteiger partial charge < -0.3 is 10.2 Å². The number of carbonyl (C=O) groups excluding carboxylic acids is 2. The van der Waals surface area contributed by atoms with Crippen LogP contribution in [-0.2, 0) is 26.0 Å². The van der Waals surface area contributed by atoms with E-state index < -0.39 is 28.5 Å². The van der Waals surface area contributed by atoms with Crippen LogP contribution in [0.15, 0.2) is 83.8 Å². The third kappa shape index (κ3) is 7.97. The number of amides is 2. The van der Waals surface area contributed by atoms with Crippen LogP contribution in [0.3, 0.4) is 0 Å². The van der Waals surface area contributed by atoms with E-state index in [-0.39, 0.29) is 23.4 Å². The minimum atomic E-state index is -4.07. The second-order valence-corrected chi connectivity index (χ2v) is 12.9. The summed E-state index contributed by atoms with van der Waals surface area (Å²) in [7, 11) is -4.07. The number of nitrogens with zero attached hydrogens (tertiary/aromatic N) is 2. The van der Waals surface area contributed by atoms with Gasteiger partial charge in [0.1, 0.15) is 12.6 Å². The third-order valence-electron chi connectivity index (χ3n) is 7.71. The number of carbonyl (C=O) groups is 2. The molecule has 0 bridgehead atoms. The topological polar surface area (TPSA) is 86.8 Å². The Morgan fingerprint density at radius 2 is 1.46 bits per heavy atom. The van der Waals surface area contributed by atoms with Crippen molar-refractivity contribution < 1.29 is 18.0 Å². The molecule has 7 nitrogen and oxygen atoms in total. The molecular weight excluding hydrogens is 534 g/mol. The Morgan fingerprint density at radius 3 is 2.07 bits per heavy atom. The van der Waals surface area contributed by atoms with Gasteiger partial charge in [-0.2, -0.15) is 0 Å². The zero-order chi connectivity index (χ0) is 29.4. The summed E-state index contributed by atoms with van der Waals surface area (Å²) >= 11 is 0. The van der Waals surface area contributed by atoms with E-state index in [1.165, 1.54) is 27.8 Å². The van der Waals surface area contributed by atoms with Crippen molar-refractivity contribution in [3.63, 3.8) is 0 Å². The monoisotopic (exact) mass is 575 g/mol. The maximum atomic E-state index is 14.1. The molecule has 8 heteroatoms. The first kappa shape index (κ1) is 30.3. The molecule has 0 aromatic heterocycles. The van der Waals surface area contributed by atoms with E-state index in [9.17, 15) is 18.0 Å². The Morgan fingerprint density at radius 1 is 0.878 bits per heavy atom. The van der Waals surface area contributed by atoms with Crippen LogP contribution in [0.4, 0.5) is 5.69 Å². The van der Waals surface area contributed by atoms with Crippen molar-refractivity contribution in [1.29, 1.82) is 0 Å². The summed E-state index contributed by atoms with van der Waals surface area (Å²) in [6.07, 6.45) is 5.76. The van der Waals surface area contributed by atoms with E-state index in [1.54, 1.807) is 37.3 Å². The van der Waals surface area contributed by atoms with Crippen molar-refractivity contribution in [3.8, 4) is 0 Å². The van der Waals surface area contributed by atoms with Crippen LogP contribution in [0.2, 0.25) is 0 Å². The minimum absolute atomic E-state index is 0.103. The van der Waals surface area contributed by atoms with Gasteiger partial charge in [0.2, 0.25) is 11.8 Å². The molecule has 1 aliphatic rings. The maximum Gasteiger partial charge on any atom is 0.264 e. The number of sulfonamides is 1. The molecular formula is C33H41N3O4S. The Hall–Kier alpha value is -3.65. The molecule has 0 radical (unpaired) electrons. The van der Waals surface area contributed by atoms with Gasteiger partial charge in [0.15, 0.2) is 0 Å². The molecule has 3 aromatic carbocycles. The predicted molar refractivity (Wildman–Crippen MR) is 163 cm³/mol. The number of nitrogens with one attached hydrogen (secondary N) is 1. The number of anilines is 1. The summed E-state index contributed by atoms with van der Waals surface area (Å²) in [6, 6.07) is 22.8. The van der Waals surface area contributed by atoms with E-state index in [4.69, 9.17) is 0 Å². The molecule has 0 heterocycles. The first-order valence-electron chi connectivity index (χ1n) is 14.4. The van der Waals surface area contributed by atoms with Gasteiger partial charge in [0, 0.05) is 12.6 Å². The second kappa shape index (κ2) is 13.8. The molecule has 1 fully saturated rings. The molecule has 0 unspecified atom stereocenters. The Balaban J connectivity index is 1.65. The molecule has 1 aliphatic carbocycles. The van der Waals surface area contributed by atoms with Gasteiger partial charge in [-0.05, 0) is 81.0 Å². The lowest BCUT2D eigenvalue weighted by atomic mass is 9.95. The molecule has 1 saturated carbocycles. The van der Waals surface area contributed by atoms with Crippen molar-refractivity contribution in [2.45, 2.75) is 76.3 Å². The van der Waals surface area contributed by atoms with E-state index in [0.717, 1.165) is 42.4 Å². The van der Waals surface area contributed by atoms with Gasteiger partial charge in [-0.3, -0.25) is 13.9 Å². The first-order valence-corrected chi connectivity index (χ1v) is 15.9. The van der Waals surface area contributed by atoms with Crippen molar-refractivity contribution >= 4 is 27.5 Å². The highest BCUT2D eigenvalue weighted by Crippen LogP contribution is 2.26. The molecule has 2 amide bonds. The van der Waals surface area contributed by atoms with Crippen LogP contribution in [0.25, 0.3) is 0 Å². The van der Waals surface area contributed by atoms with Crippen LogP contribution in [0, 0.1) is 13.8 Å². The molecule has 41 heavy (non-hydrogen) atoms. The molecule has 3 aromatic rings. The number of hydrogen-bond acceptors (Lipinski definition) is 4. The van der Waals surface area contributed by atoms with E-state index in [0.29, 0.717) is 12.1 Å². The number of aryl methyl sites for hydroxylation is 2. The highest BCUT2D eigenvalue weighted by atomic mass is 32.2. The van der Waals surface area contributed by atoms with E-state index in [1.807, 2.05) is 50.2 Å². The Bertz CT molecular complexity index is 1400. The van der Waals surface area contributed by atoms with Crippen LogP contribution in [0.1, 0.15) is 55.7 Å². The summed E-state index contributed by atoms with van der Waals surface area (Å²) in [4.78, 5) is 29.1. The molecule has 0 aliphatic heterocycles. The molecule has 4 rings (SSSR count). The standard InChI is InChI=1S/C33H41N3O4S/c1-25-21-26(2)23-30(22-25)36(41(39,40)31-17-11-6-12-18-31)24-32(37)35(20-19-28-13-7-4-8-14-28)27(3)33(38)34-29-15-9-5-10-16-29/h4,6-8,11-14,17-18,21-23,27,29H,5,9-10,15-16,19-20,24H2,1-3H3,(H,34,38)/t27-/m0/s1. The van der Waals surface area contributed by atoms with E-state index >= 15 is 0 Å². The van der Waals surface area contributed by atoms with Crippen molar-refractivity contribution in [2.75, 3.05) is 17.4 Å². The lowest BCUT2D eigenvalue weighted by molar-refractivity contribution is -0.139. The average molecular weight is 576 g/mol. The zero-order valence-corrected chi connectivity index (χ0v) is 25.1. The smallest absolute Gasteiger partial charge is 0.264 e. The van der Waals surface area contributed by atoms with Crippen molar-refractivity contribution in [2.24, 2.45) is 0 Å². The maximum absolute atomic E-state index is 14.1. The van der Waals surface area contributed by atoms with Crippen LogP contribution in [0.5, 0.6) is 0 Å². The predicted octanol–water partition coefficient (Wildman–Crippen LogP) is 5.41. The van der Waals surface area contributed by atoms with E-state index in [2.05, 4.69) is 5.32 Å².